The van der Waals surface area contributed by atoms with Crippen molar-refractivity contribution in [2.24, 2.45) is 0 Å². The smallest absolute Gasteiger partial charge is 0.160 e. The molecule has 0 amide bonds. The van der Waals surface area contributed by atoms with Gasteiger partial charge in [-0.05, 0) is 251 Å². The molecule has 6 heteroatoms. The van der Waals surface area contributed by atoms with Crippen molar-refractivity contribution in [2.75, 3.05) is 0 Å². The first-order valence-corrected chi connectivity index (χ1v) is 47.8. The Morgan fingerprint density at radius 2 is 0.371 bits per heavy atom. The van der Waals surface area contributed by atoms with Crippen LogP contribution in [0.5, 0.6) is 0 Å². The lowest BCUT2D eigenvalue weighted by atomic mass is 9.88. The van der Waals surface area contributed by atoms with Crippen LogP contribution in [0.4, 0.5) is 0 Å². The zero-order valence-corrected chi connectivity index (χ0v) is 76.0. The molecule has 26 aromatic carbocycles. The number of fused-ring (bicyclic) bond motifs is 26. The minimum Gasteiger partial charge on any atom is -0.228 e. The number of aromatic nitrogens is 6. The molecule has 6 nitrogen and oxygen atoms in total. The molecule has 0 bridgehead atoms. The average Bonchev–Trinajstić information content (AvgIpc) is 0.726. The van der Waals surface area contributed by atoms with E-state index in [1.165, 1.54) is 168 Å². The lowest BCUT2D eigenvalue weighted by Crippen LogP contribution is -1.96. The van der Waals surface area contributed by atoms with Crippen LogP contribution in [0.25, 0.3) is 285 Å². The van der Waals surface area contributed by atoms with Gasteiger partial charge in [0.15, 0.2) is 17.5 Å². The highest BCUT2D eigenvalue weighted by Crippen LogP contribution is 2.48. The van der Waals surface area contributed by atoms with E-state index in [0.717, 1.165) is 117 Å². The predicted molar refractivity (Wildman–Crippen MR) is 593 cm³/mol. The molecule has 0 radical (unpaired) electrons. The van der Waals surface area contributed by atoms with Crippen molar-refractivity contribution in [3.8, 4) is 101 Å². The van der Waals surface area contributed by atoms with E-state index >= 15 is 0 Å². The quantitative estimate of drug-likeness (QED) is 0.134. The van der Waals surface area contributed by atoms with Crippen molar-refractivity contribution in [2.45, 2.75) is 0 Å². The number of hydrogen-bond donors (Lipinski definition) is 0. The Kier molecular flexibility index (Phi) is 19.5. The summed E-state index contributed by atoms with van der Waals surface area (Å²) in [5.41, 5.74) is 18.9. The minimum absolute atomic E-state index is 0.726. The number of benzene rings is 26. The van der Waals surface area contributed by atoms with Crippen molar-refractivity contribution in [1.82, 2.24) is 29.9 Å². The van der Waals surface area contributed by atoms with Crippen molar-refractivity contribution >= 4 is 184 Å². The molecule has 0 spiro atoms. The van der Waals surface area contributed by atoms with Gasteiger partial charge in [-0.3, -0.25) is 0 Å². The van der Waals surface area contributed by atoms with Gasteiger partial charge < -0.3 is 0 Å². The molecule has 0 saturated carbocycles. The molecule has 648 valence electrons. The third kappa shape index (κ3) is 14.2. The van der Waals surface area contributed by atoms with Crippen LogP contribution in [0.1, 0.15) is 0 Å². The highest BCUT2D eigenvalue weighted by molar-refractivity contribution is 6.31. The van der Waals surface area contributed by atoms with Crippen LogP contribution in [0.3, 0.4) is 0 Å². The molecule has 0 saturated heterocycles. The summed E-state index contributed by atoms with van der Waals surface area (Å²) >= 11 is 0. The van der Waals surface area contributed by atoms with E-state index < -0.39 is 0 Å². The van der Waals surface area contributed by atoms with Gasteiger partial charge in [-0.15, -0.1) is 0 Å². The summed E-state index contributed by atoms with van der Waals surface area (Å²) in [5.74, 6) is 2.18. The molecule has 3 heterocycles. The van der Waals surface area contributed by atoms with E-state index in [4.69, 9.17) is 29.9 Å². The summed E-state index contributed by atoms with van der Waals surface area (Å²) in [6.07, 6.45) is 0. The SMILES string of the molecule is c1ccc(-c2nc(-c3ccc4ccccc4c3)c3ccc(-c4cc5ccc6ccccc6c5c5ccc6ccccc6c45)cc3n2)cc1.c1ccc(-c2nc(-c3ccc4ccccc4c3)c3ccc(-c4ccc5ccc6ccc7c8ccccc8ccc7c6c5c4)cc3n2)cc1.c1ccc(-c2nc(-c3ccccc3)c3ccc(-c4cc5ccc6ccccc6c5c5ccc6ccccc6c45)cc3n2)cc1. The largest absolute Gasteiger partial charge is 0.228 e. The van der Waals surface area contributed by atoms with Crippen LogP contribution in [0.15, 0.2) is 497 Å². The highest BCUT2D eigenvalue weighted by atomic mass is 14.9. The molecule has 29 aromatic rings. The van der Waals surface area contributed by atoms with E-state index in [2.05, 4.69) is 437 Å². The second kappa shape index (κ2) is 33.8. The number of nitrogens with zero attached hydrogens (tertiary/aromatic N) is 6. The topological polar surface area (TPSA) is 77.3 Å². The fourth-order valence-electron chi connectivity index (χ4n) is 21.7. The molecule has 0 N–H and O–H groups in total. The molecule has 140 heavy (non-hydrogen) atoms. The van der Waals surface area contributed by atoms with Gasteiger partial charge in [0.1, 0.15) is 0 Å². The first-order chi connectivity index (χ1) is 69.4. The Bertz CT molecular complexity index is 10200. The summed E-state index contributed by atoms with van der Waals surface area (Å²) < 4.78 is 0. The van der Waals surface area contributed by atoms with Gasteiger partial charge >= 0.3 is 0 Å². The molecule has 29 rings (SSSR count). The molecule has 0 fully saturated rings. The van der Waals surface area contributed by atoms with Crippen LogP contribution < -0.4 is 0 Å². The molecule has 0 aliphatic carbocycles. The highest BCUT2D eigenvalue weighted by Gasteiger charge is 2.23. The van der Waals surface area contributed by atoms with Crippen molar-refractivity contribution in [1.29, 1.82) is 0 Å². The number of hydrogen-bond acceptors (Lipinski definition) is 6. The molecule has 0 atom stereocenters. The van der Waals surface area contributed by atoms with Gasteiger partial charge in [0, 0.05) is 49.5 Å². The molecular formula is C134H82N6. The number of rotatable bonds is 9. The van der Waals surface area contributed by atoms with Gasteiger partial charge in [-0.25, -0.2) is 29.9 Å². The first kappa shape index (κ1) is 81.0. The molecular weight excluding hydrogens is 1690 g/mol. The van der Waals surface area contributed by atoms with Crippen LogP contribution in [0.2, 0.25) is 0 Å². The van der Waals surface area contributed by atoms with Crippen LogP contribution in [-0.4, -0.2) is 29.9 Å². The monoisotopic (exact) mass is 1770 g/mol. The Morgan fingerprint density at radius 1 is 0.107 bits per heavy atom. The summed E-state index contributed by atoms with van der Waals surface area (Å²) in [6.45, 7) is 0. The zero-order chi connectivity index (χ0) is 92.2. The van der Waals surface area contributed by atoms with E-state index in [0.29, 0.717) is 0 Å². The fraction of sp³-hybridized carbons (Fsp3) is 0. The van der Waals surface area contributed by atoms with E-state index in [1.54, 1.807) is 0 Å². The Labute approximate surface area is 806 Å². The Morgan fingerprint density at radius 3 is 0.814 bits per heavy atom. The summed E-state index contributed by atoms with van der Waals surface area (Å²) in [6, 6.07) is 178. The van der Waals surface area contributed by atoms with Gasteiger partial charge in [0.2, 0.25) is 0 Å². The maximum Gasteiger partial charge on any atom is 0.160 e. The standard InChI is InChI=1S/2C46H28N2.C42H26N2/c1-2-13-32(14-3-1)46-47-42-28-34(23-24-39(42)45(48-46)36-21-18-29-10-4-5-15-33(29)26-36)41-27-35-20-19-30-11-6-8-16-37(30)43(35)40-25-22-31-12-7-9-17-38(31)44(40)41;1-2-10-33(11-3-1)46-47-43-28-36(22-25-41(43)45(48-46)37-19-14-29-8-4-5-12-34(29)26-37)35-18-16-31-15-17-32-21-23-39-38-13-7-6-9-30(38)20-24-40(39)44(32)42(31)27-35;1-3-13-29(14-4-1)41-35-23-22-31(26-38(35)43-42(44-41)30-15-5-2-6-16-30)37-25-32-20-19-27-11-7-9-17-33(27)39(32)36-24-21-28-12-8-10-18-34(28)40(36)37/h2*1-28H;1-26H. The minimum atomic E-state index is 0.726. The van der Waals surface area contributed by atoms with Gasteiger partial charge in [-0.1, -0.05) is 431 Å². The van der Waals surface area contributed by atoms with E-state index in [9.17, 15) is 0 Å². The average molecular weight is 1780 g/mol. The predicted octanol–water partition coefficient (Wildman–Crippen LogP) is 36.0. The third-order valence-corrected chi connectivity index (χ3v) is 28.4. The third-order valence-electron chi connectivity index (χ3n) is 28.4. The molecule has 0 aliphatic rings. The van der Waals surface area contributed by atoms with Crippen LogP contribution in [-0.2, 0) is 0 Å². The van der Waals surface area contributed by atoms with E-state index in [-0.39, 0.29) is 0 Å². The second-order valence-electron chi connectivity index (χ2n) is 36.6. The maximum atomic E-state index is 5.21. The van der Waals surface area contributed by atoms with Gasteiger partial charge in [0.05, 0.1) is 33.6 Å². The second-order valence-corrected chi connectivity index (χ2v) is 36.6. The first-order valence-electron chi connectivity index (χ1n) is 47.8. The summed E-state index contributed by atoms with van der Waals surface area (Å²) in [7, 11) is 0. The van der Waals surface area contributed by atoms with Gasteiger partial charge in [-0.2, -0.15) is 0 Å². The van der Waals surface area contributed by atoms with Crippen molar-refractivity contribution in [3.05, 3.63) is 497 Å². The Hall–Kier alpha value is -18.6. The lowest BCUT2D eigenvalue weighted by molar-refractivity contribution is 1.23. The normalized spacial score (nSPS) is 11.7. The van der Waals surface area contributed by atoms with Crippen LogP contribution >= 0.6 is 0 Å². The Balaban J connectivity index is 0.000000106. The maximum absolute atomic E-state index is 5.21. The molecule has 0 aliphatic heterocycles. The van der Waals surface area contributed by atoms with E-state index in [1.807, 2.05) is 60.7 Å². The van der Waals surface area contributed by atoms with Crippen molar-refractivity contribution < 1.29 is 0 Å². The molecule has 0 unspecified atom stereocenters. The molecule has 3 aromatic heterocycles. The summed E-state index contributed by atoms with van der Waals surface area (Å²) in [4.78, 5) is 31.0. The fourth-order valence-corrected chi connectivity index (χ4v) is 21.7. The zero-order valence-electron chi connectivity index (χ0n) is 76.0. The van der Waals surface area contributed by atoms with Crippen molar-refractivity contribution in [3.63, 3.8) is 0 Å². The van der Waals surface area contributed by atoms with Gasteiger partial charge in [0.25, 0.3) is 0 Å². The van der Waals surface area contributed by atoms with Crippen LogP contribution in [0, 0.1) is 0 Å². The summed E-state index contributed by atoms with van der Waals surface area (Å²) in [5, 5.41) is 38.3. The lowest BCUT2D eigenvalue weighted by Gasteiger charge is -2.16.